The van der Waals surface area contributed by atoms with Crippen LogP contribution in [0.4, 0.5) is 5.69 Å². The highest BCUT2D eigenvalue weighted by molar-refractivity contribution is 7.19. The Morgan fingerprint density at radius 3 is 2.56 bits per heavy atom. The van der Waals surface area contributed by atoms with Gasteiger partial charge in [-0.3, -0.25) is 9.69 Å². The Kier molecular flexibility index (Phi) is 5.00. The number of hydrogen-bond acceptors (Lipinski definition) is 6. The second-order valence-corrected chi connectivity index (χ2v) is 11.7. The largest absolute Gasteiger partial charge is 0.496 e. The zero-order valence-corrected chi connectivity index (χ0v) is 21.5. The zero-order chi connectivity index (χ0) is 24.6. The van der Waals surface area contributed by atoms with Crippen LogP contribution in [0, 0.1) is 25.2 Å². The standard InChI is InChI=1S/C26H28BN3O3S/c1-15-10-16(2)23-18(11-15)27-32-25(5,6)26(7,33-27)30(22(31)13-24(23,3)4)17-8-9-19-20(12-17)34-21(14-28)29-19/h8-12H,13H2,1-7H3. The third-order valence-corrected chi connectivity index (χ3v) is 8.21. The molecule has 1 saturated heterocycles. The number of nitriles is 1. The number of aryl methyl sites for hydroxylation is 2. The van der Waals surface area contributed by atoms with Crippen molar-refractivity contribution >= 4 is 45.7 Å². The van der Waals surface area contributed by atoms with Gasteiger partial charge < -0.3 is 9.31 Å². The van der Waals surface area contributed by atoms with Gasteiger partial charge in [-0.25, -0.2) is 4.98 Å². The van der Waals surface area contributed by atoms with Crippen molar-refractivity contribution in [1.29, 1.82) is 5.26 Å². The predicted molar refractivity (Wildman–Crippen MR) is 135 cm³/mol. The third kappa shape index (κ3) is 3.30. The number of hydrogen-bond donors (Lipinski definition) is 0. The second kappa shape index (κ2) is 7.38. The van der Waals surface area contributed by atoms with E-state index in [2.05, 4.69) is 50.9 Å². The first kappa shape index (κ1) is 23.0. The van der Waals surface area contributed by atoms with E-state index in [-0.39, 0.29) is 5.91 Å². The number of benzene rings is 2. The van der Waals surface area contributed by atoms with Crippen LogP contribution < -0.4 is 10.4 Å². The van der Waals surface area contributed by atoms with E-state index in [0.717, 1.165) is 32.4 Å². The molecule has 2 aliphatic heterocycles. The van der Waals surface area contributed by atoms with Gasteiger partial charge in [-0.1, -0.05) is 31.5 Å². The van der Waals surface area contributed by atoms with Crippen molar-refractivity contribution in [1.82, 2.24) is 4.98 Å². The SMILES string of the molecule is Cc1cc(C)c2c(c1)B1OC(C)(C)C(C)(O1)N(c1ccc3nc(C#N)sc3c1)C(=O)CC2(C)C. The monoisotopic (exact) mass is 473 g/mol. The molecule has 6 nitrogen and oxygen atoms in total. The van der Waals surface area contributed by atoms with Crippen LogP contribution in [0.2, 0.25) is 0 Å². The van der Waals surface area contributed by atoms with Crippen molar-refractivity contribution in [2.75, 3.05) is 4.90 Å². The Labute approximate surface area is 204 Å². The van der Waals surface area contributed by atoms with Crippen LogP contribution in [-0.4, -0.2) is 29.3 Å². The summed E-state index contributed by atoms with van der Waals surface area (Å²) in [7, 11) is -0.599. The number of rotatable bonds is 1. The van der Waals surface area contributed by atoms with Gasteiger partial charge in [0.1, 0.15) is 6.07 Å². The number of carbonyl (C=O) groups is 1. The van der Waals surface area contributed by atoms with Crippen LogP contribution in [0.15, 0.2) is 30.3 Å². The van der Waals surface area contributed by atoms with Crippen molar-refractivity contribution in [3.63, 3.8) is 0 Å². The van der Waals surface area contributed by atoms with Gasteiger partial charge in [-0.05, 0) is 74.8 Å². The average Bonchev–Trinajstić information content (AvgIpc) is 3.24. The van der Waals surface area contributed by atoms with Crippen LogP contribution in [0.1, 0.15) is 62.7 Å². The maximum atomic E-state index is 14.1. The van der Waals surface area contributed by atoms with Gasteiger partial charge in [-0.15, -0.1) is 11.3 Å². The summed E-state index contributed by atoms with van der Waals surface area (Å²) in [6, 6.07) is 12.1. The number of amides is 1. The van der Waals surface area contributed by atoms with Gasteiger partial charge in [0.15, 0.2) is 10.7 Å². The normalized spacial score (nSPS) is 23.3. The van der Waals surface area contributed by atoms with Crippen LogP contribution in [0.5, 0.6) is 0 Å². The van der Waals surface area contributed by atoms with E-state index in [0.29, 0.717) is 17.1 Å². The number of anilines is 1. The molecule has 8 heteroatoms. The van der Waals surface area contributed by atoms with Crippen LogP contribution in [0.25, 0.3) is 10.2 Å². The summed E-state index contributed by atoms with van der Waals surface area (Å²) in [6.07, 6.45) is 0.315. The smallest absolute Gasteiger partial charge is 0.397 e. The number of carbonyl (C=O) groups excluding carboxylic acids is 1. The molecule has 0 saturated carbocycles. The molecule has 1 unspecified atom stereocenters. The van der Waals surface area contributed by atoms with E-state index in [1.807, 2.05) is 39.0 Å². The summed E-state index contributed by atoms with van der Waals surface area (Å²) in [5, 5.41) is 9.68. The predicted octanol–water partition coefficient (Wildman–Crippen LogP) is 4.74. The summed E-state index contributed by atoms with van der Waals surface area (Å²) >= 11 is 1.32. The lowest BCUT2D eigenvalue weighted by Crippen LogP contribution is -2.61. The lowest BCUT2D eigenvalue weighted by Gasteiger charge is -2.46. The molecule has 1 aromatic heterocycles. The molecule has 3 heterocycles. The first-order valence-corrected chi connectivity index (χ1v) is 12.3. The molecule has 1 atom stereocenters. The van der Waals surface area contributed by atoms with Crippen LogP contribution >= 0.6 is 11.3 Å². The highest BCUT2D eigenvalue weighted by Crippen LogP contribution is 2.46. The van der Waals surface area contributed by atoms with Crippen molar-refractivity contribution in [3.8, 4) is 6.07 Å². The molecule has 0 spiro atoms. The first-order valence-electron chi connectivity index (χ1n) is 11.5. The number of nitrogens with zero attached hydrogens (tertiary/aromatic N) is 3. The van der Waals surface area contributed by atoms with Crippen LogP contribution in [-0.2, 0) is 19.5 Å². The fourth-order valence-electron chi connectivity index (χ4n) is 5.59. The number of thiazole rings is 1. The zero-order valence-electron chi connectivity index (χ0n) is 20.6. The second-order valence-electron chi connectivity index (χ2n) is 10.7. The van der Waals surface area contributed by atoms with Crippen LogP contribution in [0.3, 0.4) is 0 Å². The lowest BCUT2D eigenvalue weighted by molar-refractivity contribution is -0.125. The molecule has 5 rings (SSSR count). The maximum Gasteiger partial charge on any atom is 0.496 e. The van der Waals surface area contributed by atoms with Gasteiger partial charge in [-0.2, -0.15) is 5.26 Å². The molecule has 2 bridgehead atoms. The molecule has 0 radical (unpaired) electrons. The molecule has 3 aromatic rings. The Balaban J connectivity index is 1.74. The van der Waals surface area contributed by atoms with Crippen molar-refractivity contribution < 1.29 is 14.1 Å². The molecule has 0 N–H and O–H groups in total. The third-order valence-electron chi connectivity index (χ3n) is 7.29. The fourth-order valence-corrected chi connectivity index (χ4v) is 6.38. The van der Waals surface area contributed by atoms with E-state index in [9.17, 15) is 10.1 Å². The summed E-state index contributed by atoms with van der Waals surface area (Å²) < 4.78 is 14.1. The van der Waals surface area contributed by atoms with Gasteiger partial charge in [0, 0.05) is 12.1 Å². The van der Waals surface area contributed by atoms with Crippen molar-refractivity contribution in [3.05, 3.63) is 52.0 Å². The average molecular weight is 473 g/mol. The Bertz CT molecular complexity index is 1390. The highest BCUT2D eigenvalue weighted by Gasteiger charge is 2.61. The quantitative estimate of drug-likeness (QED) is 0.478. The molecule has 2 aromatic carbocycles. The molecule has 34 heavy (non-hydrogen) atoms. The molecule has 174 valence electrons. The van der Waals surface area contributed by atoms with E-state index >= 15 is 0 Å². The molecular formula is C26H28BN3O3S. The molecular weight excluding hydrogens is 445 g/mol. The Hall–Kier alpha value is -2.73. The first-order chi connectivity index (χ1) is 15.9. The molecule has 1 fully saturated rings. The van der Waals surface area contributed by atoms with Gasteiger partial charge in [0.2, 0.25) is 5.91 Å². The summed E-state index contributed by atoms with van der Waals surface area (Å²) in [5.41, 5.74) is 3.55. The number of aromatic nitrogens is 1. The minimum absolute atomic E-state index is 0.0398. The topological polar surface area (TPSA) is 75.5 Å². The summed E-state index contributed by atoms with van der Waals surface area (Å²) in [6.45, 7) is 14.3. The van der Waals surface area contributed by atoms with Gasteiger partial charge in [0.05, 0.1) is 15.8 Å². The van der Waals surface area contributed by atoms with Crippen molar-refractivity contribution in [2.45, 2.75) is 71.6 Å². The maximum absolute atomic E-state index is 14.1. The summed E-state index contributed by atoms with van der Waals surface area (Å²) in [5.74, 6) is -0.0398. The highest BCUT2D eigenvalue weighted by atomic mass is 32.1. The van der Waals surface area contributed by atoms with E-state index in [4.69, 9.17) is 9.31 Å². The van der Waals surface area contributed by atoms with E-state index in [1.54, 1.807) is 4.90 Å². The summed E-state index contributed by atoms with van der Waals surface area (Å²) in [4.78, 5) is 20.2. The van der Waals surface area contributed by atoms with E-state index in [1.165, 1.54) is 11.3 Å². The van der Waals surface area contributed by atoms with E-state index < -0.39 is 23.9 Å². The lowest BCUT2D eigenvalue weighted by atomic mass is 9.66. The fraction of sp³-hybridized carbons (Fsp3) is 0.423. The van der Waals surface area contributed by atoms with Gasteiger partial charge in [0.25, 0.3) is 0 Å². The Morgan fingerprint density at radius 2 is 1.85 bits per heavy atom. The minimum atomic E-state index is -1.06. The number of fused-ring (bicyclic) bond motifs is 5. The van der Waals surface area contributed by atoms with Crippen molar-refractivity contribution in [2.24, 2.45) is 0 Å². The van der Waals surface area contributed by atoms with Gasteiger partial charge >= 0.3 is 7.12 Å². The molecule has 2 aliphatic rings. The molecule has 0 aliphatic carbocycles. The Morgan fingerprint density at radius 1 is 1.12 bits per heavy atom. The molecule has 1 amide bonds. The minimum Gasteiger partial charge on any atom is -0.397 e.